The first-order valence-corrected chi connectivity index (χ1v) is 12.9. The van der Waals surface area contributed by atoms with E-state index in [4.69, 9.17) is 0 Å². The Morgan fingerprint density at radius 1 is 1.24 bits per heavy atom. The number of hydrogen-bond acceptors (Lipinski definition) is 8. The Bertz CT molecular complexity index is 1150. The lowest BCUT2D eigenvalue weighted by molar-refractivity contribution is -0.129. The largest absolute Gasteiger partial charge is 0.391 e. The lowest BCUT2D eigenvalue weighted by Crippen LogP contribution is -2.41. The van der Waals surface area contributed by atoms with Crippen LogP contribution in [-0.2, 0) is 17.8 Å². The molecule has 0 spiro atoms. The van der Waals surface area contributed by atoms with Crippen molar-refractivity contribution in [1.82, 2.24) is 30.0 Å². The number of likely N-dealkylation sites (tertiary alicyclic amines) is 1. The smallest absolute Gasteiger partial charge is 0.219 e. The molecule has 2 aromatic heterocycles. The molecule has 0 bridgehead atoms. The zero-order valence-corrected chi connectivity index (χ0v) is 20.2. The van der Waals surface area contributed by atoms with E-state index in [0.717, 1.165) is 67.3 Å². The summed E-state index contributed by atoms with van der Waals surface area (Å²) in [6.45, 7) is 5.63. The van der Waals surface area contributed by atoms with Gasteiger partial charge in [-0.1, -0.05) is 36.0 Å². The highest BCUT2D eigenvalue weighted by molar-refractivity contribution is 7.99. The summed E-state index contributed by atoms with van der Waals surface area (Å²) >= 11 is 1.52. The quantitative estimate of drug-likeness (QED) is 0.441. The number of amides is 1. The van der Waals surface area contributed by atoms with E-state index in [1.807, 2.05) is 4.90 Å². The van der Waals surface area contributed by atoms with Crippen molar-refractivity contribution in [3.05, 3.63) is 41.7 Å². The predicted octanol–water partition coefficient (Wildman–Crippen LogP) is 2.29. The van der Waals surface area contributed by atoms with E-state index in [0.29, 0.717) is 12.3 Å². The molecule has 1 amide bonds. The molecule has 5 rings (SSSR count). The van der Waals surface area contributed by atoms with Crippen molar-refractivity contribution < 1.29 is 9.90 Å². The lowest BCUT2D eigenvalue weighted by atomic mass is 10.00. The molecule has 1 aromatic carbocycles. The average molecular weight is 482 g/mol. The standard InChI is InChI=1S/C24H31N7O2S/c1-16(32)31-10-7-19(8-11-31)27-23-21-22(25-15-26-23)24(29-28-21)34-14-20(33)13-30-9-6-17-4-2-3-5-18(17)12-30/h2-5,15,19-20,33H,6-14H2,1H3,(H,28,29)(H,25,26,27)/t20-/m1/s1. The number of carbonyl (C=O) groups excluding carboxylic acids is 1. The number of nitrogens with zero attached hydrogens (tertiary/aromatic N) is 5. The van der Waals surface area contributed by atoms with Crippen molar-refractivity contribution in [3.8, 4) is 0 Å². The van der Waals surface area contributed by atoms with Gasteiger partial charge in [-0.3, -0.25) is 14.8 Å². The molecule has 4 heterocycles. The van der Waals surface area contributed by atoms with Crippen LogP contribution in [0.2, 0.25) is 0 Å². The Morgan fingerprint density at radius 3 is 2.82 bits per heavy atom. The zero-order chi connectivity index (χ0) is 23.5. The number of β-amino-alcohol motifs (C(OH)–C–C–N with tert-alkyl or cyclic N) is 1. The fourth-order valence-corrected chi connectivity index (χ4v) is 5.65. The number of anilines is 1. The fraction of sp³-hybridized carbons (Fsp3) is 0.500. The van der Waals surface area contributed by atoms with E-state index < -0.39 is 6.10 Å². The molecule has 0 saturated carbocycles. The Kier molecular flexibility index (Phi) is 6.98. The van der Waals surface area contributed by atoms with Crippen LogP contribution < -0.4 is 5.32 Å². The van der Waals surface area contributed by atoms with Gasteiger partial charge in [0.2, 0.25) is 5.91 Å². The number of aliphatic hydroxyl groups is 1. The monoisotopic (exact) mass is 481 g/mol. The molecule has 180 valence electrons. The SMILES string of the molecule is CC(=O)N1CCC(Nc2ncnc3c(SC[C@H](O)CN4CCc5ccccc5C4)n[nH]c23)CC1. The van der Waals surface area contributed by atoms with Gasteiger partial charge in [-0.05, 0) is 30.4 Å². The highest BCUT2D eigenvalue weighted by atomic mass is 32.2. The number of H-pyrrole nitrogens is 1. The average Bonchev–Trinajstić information content (AvgIpc) is 3.27. The van der Waals surface area contributed by atoms with Gasteiger partial charge >= 0.3 is 0 Å². The number of benzene rings is 1. The van der Waals surface area contributed by atoms with Gasteiger partial charge in [0.15, 0.2) is 5.82 Å². The van der Waals surface area contributed by atoms with Crippen LogP contribution in [0.4, 0.5) is 5.82 Å². The highest BCUT2D eigenvalue weighted by Gasteiger charge is 2.23. The first kappa shape index (κ1) is 23.1. The second kappa shape index (κ2) is 10.3. The maximum Gasteiger partial charge on any atom is 0.219 e. The van der Waals surface area contributed by atoms with Crippen molar-refractivity contribution in [1.29, 1.82) is 0 Å². The molecule has 1 saturated heterocycles. The Labute approximate surface area is 203 Å². The van der Waals surface area contributed by atoms with Gasteiger partial charge in [0, 0.05) is 51.4 Å². The normalized spacial score (nSPS) is 18.1. The van der Waals surface area contributed by atoms with Gasteiger partial charge in [-0.15, -0.1) is 0 Å². The number of thioether (sulfide) groups is 1. The molecular weight excluding hydrogens is 450 g/mol. The molecule has 0 radical (unpaired) electrons. The first-order valence-electron chi connectivity index (χ1n) is 11.9. The van der Waals surface area contributed by atoms with Gasteiger partial charge < -0.3 is 15.3 Å². The molecule has 2 aliphatic heterocycles. The predicted molar refractivity (Wildman–Crippen MR) is 133 cm³/mol. The van der Waals surface area contributed by atoms with Crippen LogP contribution in [-0.4, -0.2) is 85.1 Å². The molecule has 34 heavy (non-hydrogen) atoms. The summed E-state index contributed by atoms with van der Waals surface area (Å²) in [7, 11) is 0. The van der Waals surface area contributed by atoms with Gasteiger partial charge in [0.25, 0.3) is 0 Å². The molecule has 2 aliphatic rings. The summed E-state index contributed by atoms with van der Waals surface area (Å²) in [6, 6.07) is 8.80. The Balaban J connectivity index is 1.16. The minimum Gasteiger partial charge on any atom is -0.391 e. The van der Waals surface area contributed by atoms with E-state index in [-0.39, 0.29) is 11.9 Å². The zero-order valence-electron chi connectivity index (χ0n) is 19.4. The van der Waals surface area contributed by atoms with Crippen LogP contribution >= 0.6 is 11.8 Å². The van der Waals surface area contributed by atoms with Crippen molar-refractivity contribution in [3.63, 3.8) is 0 Å². The number of aromatic nitrogens is 4. The van der Waals surface area contributed by atoms with E-state index in [2.05, 4.69) is 54.6 Å². The van der Waals surface area contributed by atoms with Gasteiger partial charge in [0.05, 0.1) is 6.10 Å². The van der Waals surface area contributed by atoms with Gasteiger partial charge in [-0.2, -0.15) is 5.10 Å². The number of hydrogen-bond donors (Lipinski definition) is 3. The van der Waals surface area contributed by atoms with Gasteiger partial charge in [0.1, 0.15) is 22.4 Å². The second-order valence-corrected chi connectivity index (χ2v) is 10.1. The summed E-state index contributed by atoms with van der Waals surface area (Å²) in [5.74, 6) is 1.41. The third-order valence-electron chi connectivity index (χ3n) is 6.69. The highest BCUT2D eigenvalue weighted by Crippen LogP contribution is 2.28. The summed E-state index contributed by atoms with van der Waals surface area (Å²) in [5.41, 5.74) is 4.32. The van der Waals surface area contributed by atoms with E-state index >= 15 is 0 Å². The number of carbonyl (C=O) groups is 1. The summed E-state index contributed by atoms with van der Waals surface area (Å²) in [5, 5.41) is 22.5. The van der Waals surface area contributed by atoms with Crippen molar-refractivity contribution in [2.24, 2.45) is 0 Å². The van der Waals surface area contributed by atoms with Crippen molar-refractivity contribution >= 4 is 34.5 Å². The fourth-order valence-electron chi connectivity index (χ4n) is 4.79. The molecule has 0 unspecified atom stereocenters. The van der Waals surface area contributed by atoms with Crippen molar-refractivity contribution in [2.75, 3.05) is 37.2 Å². The van der Waals surface area contributed by atoms with Crippen LogP contribution in [0.3, 0.4) is 0 Å². The van der Waals surface area contributed by atoms with Gasteiger partial charge in [-0.25, -0.2) is 9.97 Å². The van der Waals surface area contributed by atoms with Crippen LogP contribution in [0.1, 0.15) is 30.9 Å². The minimum atomic E-state index is -0.451. The molecule has 0 aliphatic carbocycles. The number of aromatic amines is 1. The molecular formula is C24H31N7O2S. The summed E-state index contributed by atoms with van der Waals surface area (Å²) < 4.78 is 0. The summed E-state index contributed by atoms with van der Waals surface area (Å²) in [4.78, 5) is 24.6. The van der Waals surface area contributed by atoms with Crippen LogP contribution in [0.5, 0.6) is 0 Å². The Hall–Kier alpha value is -2.69. The number of aliphatic hydroxyl groups excluding tert-OH is 1. The number of nitrogens with one attached hydrogen (secondary N) is 2. The van der Waals surface area contributed by atoms with E-state index in [1.165, 1.54) is 22.9 Å². The number of piperidine rings is 1. The first-order chi connectivity index (χ1) is 16.6. The third-order valence-corrected chi connectivity index (χ3v) is 7.80. The molecule has 9 nitrogen and oxygen atoms in total. The molecule has 3 N–H and O–H groups in total. The third kappa shape index (κ3) is 5.18. The van der Waals surface area contributed by atoms with Crippen molar-refractivity contribution in [2.45, 2.75) is 49.9 Å². The van der Waals surface area contributed by atoms with Crippen LogP contribution in [0, 0.1) is 0 Å². The molecule has 3 aromatic rings. The molecule has 1 fully saturated rings. The second-order valence-electron chi connectivity index (χ2n) is 9.12. The van der Waals surface area contributed by atoms with E-state index in [1.54, 1.807) is 13.3 Å². The maximum absolute atomic E-state index is 11.6. The Morgan fingerprint density at radius 2 is 2.03 bits per heavy atom. The van der Waals surface area contributed by atoms with Crippen LogP contribution in [0.25, 0.3) is 11.0 Å². The number of fused-ring (bicyclic) bond motifs is 2. The summed E-state index contributed by atoms with van der Waals surface area (Å²) in [6.07, 6.45) is 3.90. The molecule has 1 atom stereocenters. The van der Waals surface area contributed by atoms with E-state index in [9.17, 15) is 9.90 Å². The lowest BCUT2D eigenvalue weighted by Gasteiger charge is -2.31. The minimum absolute atomic E-state index is 0.130. The topological polar surface area (TPSA) is 110 Å². The molecule has 10 heteroatoms. The van der Waals surface area contributed by atoms with Crippen LogP contribution in [0.15, 0.2) is 35.6 Å². The number of rotatable bonds is 7. The maximum atomic E-state index is 11.6.